The summed E-state index contributed by atoms with van der Waals surface area (Å²) < 4.78 is 19.5. The van der Waals surface area contributed by atoms with E-state index in [0.29, 0.717) is 10.6 Å². The fraction of sp³-hybridized carbons (Fsp3) is 0.0476. The number of hydrogen-bond acceptors (Lipinski definition) is 5. The molecule has 29 heavy (non-hydrogen) atoms. The van der Waals surface area contributed by atoms with Gasteiger partial charge >= 0.3 is 0 Å². The molecule has 1 aliphatic heterocycles. The zero-order valence-corrected chi connectivity index (χ0v) is 15.4. The first-order valence-electron chi connectivity index (χ1n) is 8.67. The minimum Gasteiger partial charge on any atom is -0.450 e. The Labute approximate surface area is 168 Å². The van der Waals surface area contributed by atoms with Crippen molar-refractivity contribution in [1.82, 2.24) is 9.97 Å². The fourth-order valence-electron chi connectivity index (χ4n) is 3.53. The highest BCUT2D eigenvalue weighted by Crippen LogP contribution is 2.40. The SMILES string of the molecule is O=C1c2oc3ccc(F)cc3c(=O)c2[C@H](c2ccc(Cl)cc2)N1c1ncccn1. The second-order valence-electron chi connectivity index (χ2n) is 6.49. The molecule has 6 nitrogen and oxygen atoms in total. The number of benzene rings is 2. The van der Waals surface area contributed by atoms with Crippen LogP contribution in [0, 0.1) is 5.82 Å². The Balaban J connectivity index is 1.83. The van der Waals surface area contributed by atoms with Crippen LogP contribution in [-0.2, 0) is 0 Å². The summed E-state index contributed by atoms with van der Waals surface area (Å²) in [6.45, 7) is 0. The molecule has 5 rings (SSSR count). The predicted molar refractivity (Wildman–Crippen MR) is 105 cm³/mol. The van der Waals surface area contributed by atoms with E-state index >= 15 is 0 Å². The molecular formula is C21H11ClFN3O3. The number of carbonyl (C=O) groups is 1. The van der Waals surface area contributed by atoms with Crippen LogP contribution in [0.3, 0.4) is 0 Å². The van der Waals surface area contributed by atoms with E-state index in [9.17, 15) is 14.0 Å². The Morgan fingerprint density at radius 2 is 1.76 bits per heavy atom. The highest BCUT2D eigenvalue weighted by atomic mass is 35.5. The third-order valence-electron chi connectivity index (χ3n) is 4.79. The Morgan fingerprint density at radius 1 is 1.03 bits per heavy atom. The number of fused-ring (bicyclic) bond motifs is 2. The number of anilines is 1. The summed E-state index contributed by atoms with van der Waals surface area (Å²) in [6, 6.07) is 11.1. The van der Waals surface area contributed by atoms with Crippen LogP contribution in [0.4, 0.5) is 10.3 Å². The maximum atomic E-state index is 13.8. The van der Waals surface area contributed by atoms with Crippen LogP contribution in [-0.4, -0.2) is 15.9 Å². The molecule has 4 aromatic rings. The fourth-order valence-corrected chi connectivity index (χ4v) is 3.65. The summed E-state index contributed by atoms with van der Waals surface area (Å²) >= 11 is 6.00. The van der Waals surface area contributed by atoms with Crippen molar-refractivity contribution >= 4 is 34.4 Å². The normalized spacial score (nSPS) is 15.7. The molecule has 0 spiro atoms. The number of hydrogen-bond donors (Lipinski definition) is 0. The van der Waals surface area contributed by atoms with Crippen LogP contribution >= 0.6 is 11.6 Å². The lowest BCUT2D eigenvalue weighted by Crippen LogP contribution is -2.31. The Morgan fingerprint density at radius 3 is 2.48 bits per heavy atom. The van der Waals surface area contributed by atoms with Crippen LogP contribution in [0.1, 0.15) is 27.7 Å². The van der Waals surface area contributed by atoms with E-state index in [1.54, 1.807) is 30.3 Å². The molecule has 0 bridgehead atoms. The number of aromatic nitrogens is 2. The number of nitrogens with zero attached hydrogens (tertiary/aromatic N) is 3. The number of halogens is 2. The lowest BCUT2D eigenvalue weighted by atomic mass is 9.98. The molecule has 1 aliphatic rings. The van der Waals surface area contributed by atoms with Gasteiger partial charge in [-0.25, -0.2) is 14.4 Å². The van der Waals surface area contributed by atoms with Gasteiger partial charge in [0.25, 0.3) is 5.91 Å². The Hall–Kier alpha value is -3.58. The van der Waals surface area contributed by atoms with Crippen molar-refractivity contribution < 1.29 is 13.6 Å². The van der Waals surface area contributed by atoms with E-state index in [-0.39, 0.29) is 28.2 Å². The van der Waals surface area contributed by atoms with E-state index in [4.69, 9.17) is 16.0 Å². The van der Waals surface area contributed by atoms with E-state index in [0.717, 1.165) is 6.07 Å². The van der Waals surface area contributed by atoms with Gasteiger partial charge in [-0.05, 0) is 42.0 Å². The minimum absolute atomic E-state index is 0.0614. The first kappa shape index (κ1) is 17.5. The van der Waals surface area contributed by atoms with Crippen molar-refractivity contribution in [2.75, 3.05) is 4.90 Å². The molecule has 3 heterocycles. The molecule has 1 atom stereocenters. The van der Waals surface area contributed by atoms with Crippen molar-refractivity contribution in [1.29, 1.82) is 0 Å². The number of carbonyl (C=O) groups excluding carboxylic acids is 1. The highest BCUT2D eigenvalue weighted by molar-refractivity contribution is 6.30. The summed E-state index contributed by atoms with van der Waals surface area (Å²) in [5, 5.41) is 0.569. The average Bonchev–Trinajstić information content (AvgIpc) is 3.03. The van der Waals surface area contributed by atoms with Crippen molar-refractivity contribution in [3.63, 3.8) is 0 Å². The summed E-state index contributed by atoms with van der Waals surface area (Å²) in [6.07, 6.45) is 3.00. The quantitative estimate of drug-likeness (QED) is 0.499. The average molecular weight is 408 g/mol. The number of rotatable bonds is 2. The van der Waals surface area contributed by atoms with Crippen molar-refractivity contribution in [3.05, 3.63) is 98.9 Å². The largest absolute Gasteiger partial charge is 0.450 e. The van der Waals surface area contributed by atoms with Crippen molar-refractivity contribution in [2.45, 2.75) is 6.04 Å². The van der Waals surface area contributed by atoms with E-state index < -0.39 is 23.2 Å². The van der Waals surface area contributed by atoms with E-state index in [1.807, 2.05) is 0 Å². The van der Waals surface area contributed by atoms with Gasteiger partial charge in [0.05, 0.1) is 17.0 Å². The van der Waals surface area contributed by atoms with Crippen LogP contribution in [0.5, 0.6) is 0 Å². The zero-order chi connectivity index (χ0) is 20.1. The maximum Gasteiger partial charge on any atom is 0.297 e. The third-order valence-corrected chi connectivity index (χ3v) is 5.04. The van der Waals surface area contributed by atoms with Gasteiger partial charge in [0.1, 0.15) is 11.4 Å². The van der Waals surface area contributed by atoms with Crippen molar-refractivity contribution in [3.8, 4) is 0 Å². The Kier molecular flexibility index (Phi) is 3.92. The molecule has 8 heteroatoms. The Bertz CT molecular complexity index is 1320. The number of amides is 1. The molecule has 0 aliphatic carbocycles. The van der Waals surface area contributed by atoms with Crippen LogP contribution in [0.15, 0.2) is 70.1 Å². The molecule has 142 valence electrons. The van der Waals surface area contributed by atoms with Gasteiger partial charge < -0.3 is 4.42 Å². The molecular weight excluding hydrogens is 397 g/mol. The molecule has 0 fully saturated rings. The van der Waals surface area contributed by atoms with E-state index in [2.05, 4.69) is 9.97 Å². The molecule has 0 radical (unpaired) electrons. The second-order valence-corrected chi connectivity index (χ2v) is 6.93. The van der Waals surface area contributed by atoms with Crippen LogP contribution < -0.4 is 10.3 Å². The summed E-state index contributed by atoms with van der Waals surface area (Å²) in [5.41, 5.74) is 0.390. The van der Waals surface area contributed by atoms with Gasteiger partial charge in [0, 0.05) is 17.4 Å². The molecule has 1 amide bonds. The summed E-state index contributed by atoms with van der Waals surface area (Å²) in [4.78, 5) is 36.1. The zero-order valence-electron chi connectivity index (χ0n) is 14.7. The van der Waals surface area contributed by atoms with Gasteiger partial charge in [-0.15, -0.1) is 0 Å². The smallest absolute Gasteiger partial charge is 0.297 e. The first-order chi connectivity index (χ1) is 14.0. The maximum absolute atomic E-state index is 13.8. The monoisotopic (exact) mass is 407 g/mol. The lowest BCUT2D eigenvalue weighted by Gasteiger charge is -2.22. The minimum atomic E-state index is -0.832. The first-order valence-corrected chi connectivity index (χ1v) is 9.04. The van der Waals surface area contributed by atoms with Gasteiger partial charge in [-0.1, -0.05) is 23.7 Å². The predicted octanol–water partition coefficient (Wildman–Crippen LogP) is 4.13. The molecule has 0 saturated heterocycles. The summed E-state index contributed by atoms with van der Waals surface area (Å²) in [7, 11) is 0. The molecule has 2 aromatic carbocycles. The van der Waals surface area contributed by atoms with Crippen LogP contribution in [0.2, 0.25) is 5.02 Å². The third kappa shape index (κ3) is 2.70. The second kappa shape index (κ2) is 6.49. The molecule has 0 saturated carbocycles. The lowest BCUT2D eigenvalue weighted by molar-refractivity contribution is 0.0969. The molecule has 2 aromatic heterocycles. The molecule has 0 unspecified atom stereocenters. The highest BCUT2D eigenvalue weighted by Gasteiger charge is 2.44. The van der Waals surface area contributed by atoms with Gasteiger partial charge in [0.15, 0.2) is 5.43 Å². The van der Waals surface area contributed by atoms with E-state index in [1.165, 1.54) is 29.4 Å². The molecule has 0 N–H and O–H groups in total. The topological polar surface area (TPSA) is 76.3 Å². The van der Waals surface area contributed by atoms with Gasteiger partial charge in [-0.3, -0.25) is 14.5 Å². The summed E-state index contributed by atoms with van der Waals surface area (Å²) in [5.74, 6) is -1.10. The van der Waals surface area contributed by atoms with Gasteiger partial charge in [0.2, 0.25) is 11.7 Å². The standard InChI is InChI=1S/C21H11ClFN3O3/c22-12-4-2-11(3-5-12)17-16-18(27)14-10-13(23)6-7-15(14)29-19(16)20(28)26(17)21-24-8-1-9-25-21/h1-10,17H/t17-/m0/s1. The van der Waals surface area contributed by atoms with Crippen molar-refractivity contribution in [2.24, 2.45) is 0 Å². The van der Waals surface area contributed by atoms with Crippen LogP contribution in [0.25, 0.3) is 11.0 Å². The van der Waals surface area contributed by atoms with Gasteiger partial charge in [-0.2, -0.15) is 0 Å².